The summed E-state index contributed by atoms with van der Waals surface area (Å²) in [6.45, 7) is 0. The Balaban J connectivity index is 2.30. The number of anilines is 1. The number of nitrogens with two attached hydrogens (primary N) is 1. The summed E-state index contributed by atoms with van der Waals surface area (Å²) in [6, 6.07) is 9.14. The van der Waals surface area contributed by atoms with E-state index in [4.69, 9.17) is 10.2 Å². The first-order chi connectivity index (χ1) is 8.24. The van der Waals surface area contributed by atoms with Gasteiger partial charge in [0.25, 0.3) is 0 Å². The van der Waals surface area contributed by atoms with Crippen LogP contribution >= 0.6 is 11.3 Å². The van der Waals surface area contributed by atoms with Gasteiger partial charge in [-0.05, 0) is 12.1 Å². The summed E-state index contributed by atoms with van der Waals surface area (Å²) < 4.78 is 5.23. The van der Waals surface area contributed by atoms with Crippen LogP contribution in [0.2, 0.25) is 0 Å². The van der Waals surface area contributed by atoms with Gasteiger partial charge in [-0.15, -0.1) is 11.3 Å². The molecule has 0 aliphatic heterocycles. The molecule has 2 heterocycles. The Morgan fingerprint density at radius 1 is 1.29 bits per heavy atom. The zero-order valence-electron chi connectivity index (χ0n) is 8.71. The van der Waals surface area contributed by atoms with Crippen LogP contribution in [0.5, 0.6) is 0 Å². The number of fused-ring (bicyclic) bond motifs is 1. The van der Waals surface area contributed by atoms with E-state index in [9.17, 15) is 4.79 Å². The third-order valence-corrected chi connectivity index (χ3v) is 3.29. The largest absolute Gasteiger partial charge is 0.422 e. The summed E-state index contributed by atoms with van der Waals surface area (Å²) >= 11 is 1.33. The van der Waals surface area contributed by atoms with E-state index in [2.05, 4.69) is 4.98 Å². The molecule has 0 aliphatic rings. The van der Waals surface area contributed by atoms with Crippen LogP contribution < -0.4 is 11.4 Å². The Hall–Kier alpha value is -2.14. The first kappa shape index (κ1) is 10.0. The van der Waals surface area contributed by atoms with Gasteiger partial charge in [0, 0.05) is 10.8 Å². The van der Waals surface area contributed by atoms with Crippen LogP contribution in [0.1, 0.15) is 0 Å². The Bertz CT molecular complexity index is 745. The molecule has 2 aromatic heterocycles. The van der Waals surface area contributed by atoms with Gasteiger partial charge in [-0.1, -0.05) is 18.2 Å². The molecule has 0 radical (unpaired) electrons. The standard InChI is InChI=1S/C12H8N2O2S/c13-10-6-17-11(14-10)8-5-7-3-1-2-4-9(7)16-12(8)15/h1-6H,13H2. The van der Waals surface area contributed by atoms with Gasteiger partial charge in [-0.2, -0.15) is 0 Å². The van der Waals surface area contributed by atoms with Crippen LogP contribution in [0.15, 0.2) is 44.9 Å². The molecule has 2 N–H and O–H groups in total. The molecule has 3 rings (SSSR count). The van der Waals surface area contributed by atoms with Gasteiger partial charge in [0.05, 0.1) is 5.56 Å². The average Bonchev–Trinajstić information content (AvgIpc) is 2.75. The van der Waals surface area contributed by atoms with Crippen molar-refractivity contribution in [2.75, 3.05) is 5.73 Å². The highest BCUT2D eigenvalue weighted by Gasteiger charge is 2.10. The second-order valence-corrected chi connectivity index (χ2v) is 4.42. The lowest BCUT2D eigenvalue weighted by atomic mass is 10.2. The van der Waals surface area contributed by atoms with E-state index in [-0.39, 0.29) is 0 Å². The number of benzene rings is 1. The number of rotatable bonds is 1. The van der Waals surface area contributed by atoms with Gasteiger partial charge in [-0.3, -0.25) is 0 Å². The predicted molar refractivity (Wildman–Crippen MR) is 68.0 cm³/mol. The van der Waals surface area contributed by atoms with Crippen molar-refractivity contribution in [3.63, 3.8) is 0 Å². The van der Waals surface area contributed by atoms with E-state index in [1.807, 2.05) is 18.2 Å². The predicted octanol–water partition coefficient (Wildman–Crippen LogP) is 2.50. The highest BCUT2D eigenvalue weighted by atomic mass is 32.1. The average molecular weight is 244 g/mol. The first-order valence-corrected chi connectivity index (χ1v) is 5.86. The summed E-state index contributed by atoms with van der Waals surface area (Å²) in [6.07, 6.45) is 0. The number of nitrogen functional groups attached to an aromatic ring is 1. The molecule has 0 atom stereocenters. The maximum absolute atomic E-state index is 11.8. The minimum absolute atomic E-state index is 0.391. The molecule has 1 aromatic carbocycles. The SMILES string of the molecule is Nc1csc(-c2cc3ccccc3oc2=O)n1. The van der Waals surface area contributed by atoms with Crippen LogP contribution in [-0.4, -0.2) is 4.98 Å². The molecular formula is C12H8N2O2S. The molecule has 4 nitrogen and oxygen atoms in total. The first-order valence-electron chi connectivity index (χ1n) is 4.98. The van der Waals surface area contributed by atoms with Crippen molar-refractivity contribution in [3.05, 3.63) is 46.1 Å². The highest BCUT2D eigenvalue weighted by molar-refractivity contribution is 7.13. The molecule has 3 aromatic rings. The molecule has 0 saturated heterocycles. The zero-order chi connectivity index (χ0) is 11.8. The quantitative estimate of drug-likeness (QED) is 0.668. The fourth-order valence-electron chi connectivity index (χ4n) is 1.62. The second-order valence-electron chi connectivity index (χ2n) is 3.56. The minimum atomic E-state index is -0.391. The fraction of sp³-hybridized carbons (Fsp3) is 0. The molecule has 0 aliphatic carbocycles. The lowest BCUT2D eigenvalue weighted by Gasteiger charge is -1.98. The molecule has 0 fully saturated rings. The topological polar surface area (TPSA) is 69.1 Å². The van der Waals surface area contributed by atoms with Crippen molar-refractivity contribution in [1.29, 1.82) is 0 Å². The number of nitrogens with zero attached hydrogens (tertiary/aromatic N) is 1. The van der Waals surface area contributed by atoms with Crippen molar-refractivity contribution in [1.82, 2.24) is 4.98 Å². The number of para-hydroxylation sites is 1. The number of hydrogen-bond donors (Lipinski definition) is 1. The van der Waals surface area contributed by atoms with Crippen molar-refractivity contribution < 1.29 is 4.42 Å². The molecule has 0 saturated carbocycles. The summed E-state index contributed by atoms with van der Waals surface area (Å²) in [7, 11) is 0. The summed E-state index contributed by atoms with van der Waals surface area (Å²) in [5, 5.41) is 3.15. The van der Waals surface area contributed by atoms with Crippen LogP contribution in [-0.2, 0) is 0 Å². The lowest BCUT2D eigenvalue weighted by molar-refractivity contribution is 0.563. The summed E-state index contributed by atoms with van der Waals surface area (Å²) in [4.78, 5) is 15.9. The Morgan fingerprint density at radius 3 is 2.88 bits per heavy atom. The Labute approximate surface area is 100 Å². The lowest BCUT2D eigenvalue weighted by Crippen LogP contribution is -2.02. The van der Waals surface area contributed by atoms with Gasteiger partial charge >= 0.3 is 5.63 Å². The Kier molecular flexibility index (Phi) is 2.19. The third-order valence-electron chi connectivity index (χ3n) is 2.39. The van der Waals surface area contributed by atoms with Crippen molar-refractivity contribution in [3.8, 4) is 10.6 Å². The fourth-order valence-corrected chi connectivity index (χ4v) is 2.33. The van der Waals surface area contributed by atoms with E-state index in [1.165, 1.54) is 11.3 Å². The van der Waals surface area contributed by atoms with E-state index < -0.39 is 5.63 Å². The monoisotopic (exact) mass is 244 g/mol. The van der Waals surface area contributed by atoms with Crippen LogP contribution in [0.3, 0.4) is 0 Å². The smallest absolute Gasteiger partial charge is 0.346 e. The molecule has 0 spiro atoms. The maximum atomic E-state index is 11.8. The summed E-state index contributed by atoms with van der Waals surface area (Å²) in [5.74, 6) is 0.414. The molecule has 5 heteroatoms. The maximum Gasteiger partial charge on any atom is 0.346 e. The number of thiazole rings is 1. The summed E-state index contributed by atoms with van der Waals surface area (Å²) in [5.41, 5.74) is 6.18. The van der Waals surface area contributed by atoms with E-state index in [0.29, 0.717) is 22.0 Å². The van der Waals surface area contributed by atoms with Crippen LogP contribution in [0.4, 0.5) is 5.82 Å². The van der Waals surface area contributed by atoms with Gasteiger partial charge in [0.1, 0.15) is 16.4 Å². The molecule has 0 amide bonds. The van der Waals surface area contributed by atoms with Gasteiger partial charge in [0.2, 0.25) is 0 Å². The van der Waals surface area contributed by atoms with Crippen LogP contribution in [0.25, 0.3) is 21.5 Å². The van der Waals surface area contributed by atoms with Gasteiger partial charge < -0.3 is 10.2 Å². The third kappa shape index (κ3) is 1.70. The van der Waals surface area contributed by atoms with Gasteiger partial charge in [0.15, 0.2) is 0 Å². The number of aromatic nitrogens is 1. The van der Waals surface area contributed by atoms with E-state index in [0.717, 1.165) is 5.39 Å². The number of hydrogen-bond acceptors (Lipinski definition) is 5. The van der Waals surface area contributed by atoms with Crippen molar-refractivity contribution in [2.24, 2.45) is 0 Å². The van der Waals surface area contributed by atoms with E-state index >= 15 is 0 Å². The normalized spacial score (nSPS) is 10.8. The molecule has 17 heavy (non-hydrogen) atoms. The molecule has 0 bridgehead atoms. The zero-order valence-corrected chi connectivity index (χ0v) is 9.53. The van der Waals surface area contributed by atoms with Crippen LogP contribution in [0, 0.1) is 0 Å². The molecule has 0 unspecified atom stereocenters. The van der Waals surface area contributed by atoms with Crippen molar-refractivity contribution >= 4 is 28.1 Å². The molecular weight excluding hydrogens is 236 g/mol. The van der Waals surface area contributed by atoms with Crippen molar-refractivity contribution in [2.45, 2.75) is 0 Å². The minimum Gasteiger partial charge on any atom is -0.422 e. The Morgan fingerprint density at radius 2 is 2.12 bits per heavy atom. The highest BCUT2D eigenvalue weighted by Crippen LogP contribution is 2.24. The second kappa shape index (κ2) is 3.71. The molecule has 84 valence electrons. The van der Waals surface area contributed by atoms with Gasteiger partial charge in [-0.25, -0.2) is 9.78 Å². The van der Waals surface area contributed by atoms with E-state index in [1.54, 1.807) is 17.5 Å².